The van der Waals surface area contributed by atoms with Crippen LogP contribution in [0.5, 0.6) is 5.75 Å². The van der Waals surface area contributed by atoms with Gasteiger partial charge in [0.15, 0.2) is 0 Å². The van der Waals surface area contributed by atoms with Gasteiger partial charge in [0, 0.05) is 12.1 Å². The molecule has 6 heteroatoms. The second kappa shape index (κ2) is 7.59. The van der Waals surface area contributed by atoms with Crippen molar-refractivity contribution in [2.75, 3.05) is 7.11 Å². The molecule has 0 amide bonds. The van der Waals surface area contributed by atoms with E-state index in [0.29, 0.717) is 11.3 Å². The molecule has 2 rings (SSSR count). The number of nitro benzene ring substituents is 1. The number of carbonyl (C=O) groups is 1. The quantitative estimate of drug-likeness (QED) is 0.619. The Hall–Kier alpha value is -2.89. The molecule has 0 spiro atoms. The number of rotatable bonds is 7. The lowest BCUT2D eigenvalue weighted by Gasteiger charge is -2.16. The first kappa shape index (κ1) is 17.5. The minimum absolute atomic E-state index is 0.0616. The van der Waals surface area contributed by atoms with Gasteiger partial charge in [0.1, 0.15) is 5.75 Å². The predicted molar refractivity (Wildman–Crippen MR) is 89.5 cm³/mol. The largest absolute Gasteiger partial charge is 0.496 e. The Labute approximate surface area is 139 Å². The van der Waals surface area contributed by atoms with Gasteiger partial charge in [0.25, 0.3) is 5.69 Å². The summed E-state index contributed by atoms with van der Waals surface area (Å²) in [7, 11) is 1.55. The molecule has 1 atom stereocenters. The third-order valence-electron chi connectivity index (χ3n) is 3.98. The summed E-state index contributed by atoms with van der Waals surface area (Å²) in [6.45, 7) is 2.02. The highest BCUT2D eigenvalue weighted by Crippen LogP contribution is 2.29. The molecule has 0 heterocycles. The maximum Gasteiger partial charge on any atom is 0.311 e. The van der Waals surface area contributed by atoms with Crippen molar-refractivity contribution in [3.05, 3.63) is 69.3 Å². The van der Waals surface area contributed by atoms with Crippen LogP contribution in [0.25, 0.3) is 0 Å². The molecular weight excluding hydrogens is 310 g/mol. The molecule has 0 aliphatic heterocycles. The molecule has 0 saturated heterocycles. The van der Waals surface area contributed by atoms with Crippen LogP contribution in [0.15, 0.2) is 42.5 Å². The monoisotopic (exact) mass is 329 g/mol. The smallest absolute Gasteiger partial charge is 0.311 e. The van der Waals surface area contributed by atoms with Gasteiger partial charge < -0.3 is 9.84 Å². The maximum absolute atomic E-state index is 11.7. The topological polar surface area (TPSA) is 89.7 Å². The summed E-state index contributed by atoms with van der Waals surface area (Å²) < 4.78 is 5.33. The van der Waals surface area contributed by atoms with Crippen molar-refractivity contribution in [3.8, 4) is 5.75 Å². The van der Waals surface area contributed by atoms with Crippen molar-refractivity contribution in [2.24, 2.45) is 0 Å². The Morgan fingerprint density at radius 2 is 1.92 bits per heavy atom. The van der Waals surface area contributed by atoms with Crippen molar-refractivity contribution in [3.63, 3.8) is 0 Å². The summed E-state index contributed by atoms with van der Waals surface area (Å²) in [5, 5.41) is 20.3. The molecule has 0 aromatic heterocycles. The zero-order chi connectivity index (χ0) is 17.7. The Bertz CT molecular complexity index is 740. The van der Waals surface area contributed by atoms with E-state index in [9.17, 15) is 20.0 Å². The highest BCUT2D eigenvalue weighted by Gasteiger charge is 2.23. The van der Waals surface area contributed by atoms with Crippen LogP contribution in [-0.4, -0.2) is 23.1 Å². The number of benzene rings is 2. The van der Waals surface area contributed by atoms with Crippen LogP contribution in [0.2, 0.25) is 0 Å². The molecule has 0 fully saturated rings. The van der Waals surface area contributed by atoms with Gasteiger partial charge in [-0.15, -0.1) is 0 Å². The summed E-state index contributed by atoms with van der Waals surface area (Å²) in [5.74, 6) is -1.14. The third kappa shape index (κ3) is 3.90. The van der Waals surface area contributed by atoms with Crippen molar-refractivity contribution in [1.29, 1.82) is 0 Å². The number of nitrogens with zero attached hydrogens (tertiary/aromatic N) is 1. The number of methoxy groups -OCH3 is 1. The van der Waals surface area contributed by atoms with Gasteiger partial charge in [-0.1, -0.05) is 31.2 Å². The molecule has 0 saturated carbocycles. The summed E-state index contributed by atoms with van der Waals surface area (Å²) in [4.78, 5) is 21.9. The standard InChI is InChI=1S/C18H19NO5/c1-3-12-4-9-17(24-2)14(10-12)11-16(18(20)21)13-5-7-15(8-6-13)19(22)23/h4-10,16H,3,11H2,1-2H3,(H,20,21). The van der Waals surface area contributed by atoms with Gasteiger partial charge in [-0.05, 0) is 35.6 Å². The minimum Gasteiger partial charge on any atom is -0.496 e. The average molecular weight is 329 g/mol. The van der Waals surface area contributed by atoms with Gasteiger partial charge in [-0.2, -0.15) is 0 Å². The van der Waals surface area contributed by atoms with Crippen molar-refractivity contribution >= 4 is 11.7 Å². The molecule has 1 unspecified atom stereocenters. The zero-order valence-electron chi connectivity index (χ0n) is 13.6. The number of non-ortho nitro benzene ring substituents is 1. The summed E-state index contributed by atoms with van der Waals surface area (Å²) in [6, 6.07) is 11.4. The molecule has 126 valence electrons. The van der Waals surface area contributed by atoms with E-state index in [-0.39, 0.29) is 12.1 Å². The van der Waals surface area contributed by atoms with Crippen LogP contribution < -0.4 is 4.74 Å². The molecule has 6 nitrogen and oxygen atoms in total. The van der Waals surface area contributed by atoms with Crippen LogP contribution >= 0.6 is 0 Å². The molecule has 24 heavy (non-hydrogen) atoms. The lowest BCUT2D eigenvalue weighted by Crippen LogP contribution is -2.15. The number of ether oxygens (including phenoxy) is 1. The van der Waals surface area contributed by atoms with Gasteiger partial charge in [0.05, 0.1) is 18.0 Å². The Kier molecular flexibility index (Phi) is 5.52. The van der Waals surface area contributed by atoms with E-state index < -0.39 is 16.8 Å². The van der Waals surface area contributed by atoms with Crippen LogP contribution in [0.1, 0.15) is 29.5 Å². The SMILES string of the molecule is CCc1ccc(OC)c(CC(C(=O)O)c2ccc([N+](=O)[O-])cc2)c1. The number of nitro groups is 1. The van der Waals surface area contributed by atoms with E-state index in [1.54, 1.807) is 7.11 Å². The van der Waals surface area contributed by atoms with Crippen LogP contribution in [0, 0.1) is 10.1 Å². The van der Waals surface area contributed by atoms with E-state index in [2.05, 4.69) is 0 Å². The van der Waals surface area contributed by atoms with E-state index in [0.717, 1.165) is 17.5 Å². The molecule has 0 aliphatic carbocycles. The van der Waals surface area contributed by atoms with Gasteiger partial charge in [0.2, 0.25) is 0 Å². The first-order valence-corrected chi connectivity index (χ1v) is 7.59. The summed E-state index contributed by atoms with van der Waals surface area (Å²) >= 11 is 0. The number of hydrogen-bond donors (Lipinski definition) is 1. The minimum atomic E-state index is -0.979. The zero-order valence-corrected chi connectivity index (χ0v) is 13.6. The normalized spacial score (nSPS) is 11.8. The van der Waals surface area contributed by atoms with Crippen LogP contribution in [-0.2, 0) is 17.6 Å². The first-order valence-electron chi connectivity index (χ1n) is 7.59. The number of carboxylic acids is 1. The third-order valence-corrected chi connectivity index (χ3v) is 3.98. The molecule has 2 aromatic carbocycles. The second-order valence-electron chi connectivity index (χ2n) is 5.44. The first-order chi connectivity index (χ1) is 11.5. The number of carboxylic acid groups (broad SMARTS) is 1. The number of aryl methyl sites for hydroxylation is 1. The molecular formula is C18H19NO5. The van der Waals surface area contributed by atoms with Crippen molar-refractivity contribution < 1.29 is 19.6 Å². The maximum atomic E-state index is 11.7. The highest BCUT2D eigenvalue weighted by atomic mass is 16.6. The van der Waals surface area contributed by atoms with E-state index >= 15 is 0 Å². The molecule has 0 bridgehead atoms. The molecule has 0 radical (unpaired) electrons. The summed E-state index contributed by atoms with van der Waals surface area (Å²) in [6.07, 6.45) is 1.09. The predicted octanol–water partition coefficient (Wildman–Crippen LogP) is 3.58. The van der Waals surface area contributed by atoms with Crippen LogP contribution in [0.3, 0.4) is 0 Å². The lowest BCUT2D eigenvalue weighted by molar-refractivity contribution is -0.384. The van der Waals surface area contributed by atoms with Crippen molar-refractivity contribution in [1.82, 2.24) is 0 Å². The second-order valence-corrected chi connectivity index (χ2v) is 5.44. The van der Waals surface area contributed by atoms with E-state index in [1.165, 1.54) is 24.3 Å². The average Bonchev–Trinajstić information content (AvgIpc) is 2.59. The fourth-order valence-corrected chi connectivity index (χ4v) is 2.61. The number of hydrogen-bond acceptors (Lipinski definition) is 4. The lowest BCUT2D eigenvalue weighted by atomic mass is 9.90. The van der Waals surface area contributed by atoms with E-state index in [1.807, 2.05) is 25.1 Å². The fourth-order valence-electron chi connectivity index (χ4n) is 2.61. The van der Waals surface area contributed by atoms with Gasteiger partial charge >= 0.3 is 5.97 Å². The van der Waals surface area contributed by atoms with Gasteiger partial charge in [-0.3, -0.25) is 14.9 Å². The Morgan fingerprint density at radius 1 is 1.25 bits per heavy atom. The fraction of sp³-hybridized carbons (Fsp3) is 0.278. The van der Waals surface area contributed by atoms with E-state index in [4.69, 9.17) is 4.74 Å². The number of aliphatic carboxylic acids is 1. The Morgan fingerprint density at radius 3 is 2.42 bits per heavy atom. The summed E-state index contributed by atoms with van der Waals surface area (Å²) in [5.41, 5.74) is 2.37. The molecule has 2 aromatic rings. The molecule has 0 aliphatic rings. The Balaban J connectivity index is 2.35. The molecule has 1 N–H and O–H groups in total. The van der Waals surface area contributed by atoms with Gasteiger partial charge in [-0.25, -0.2) is 0 Å². The van der Waals surface area contributed by atoms with Crippen LogP contribution in [0.4, 0.5) is 5.69 Å². The highest BCUT2D eigenvalue weighted by molar-refractivity contribution is 5.77. The van der Waals surface area contributed by atoms with Crippen molar-refractivity contribution in [2.45, 2.75) is 25.7 Å².